The zero-order chi connectivity index (χ0) is 18.4. The number of rotatable bonds is 4. The molecule has 0 amide bonds. The third kappa shape index (κ3) is 4.63. The molecule has 0 radical (unpaired) electrons. The average molecular weight is 460 g/mol. The Hall–Kier alpha value is -1.01. The monoisotopic (exact) mass is 457 g/mol. The molecule has 0 N–H and O–H groups in total. The van der Waals surface area contributed by atoms with E-state index in [1.165, 1.54) is 57.5 Å². The molecule has 0 unspecified atom stereocenters. The fraction of sp³-hybridized carbons (Fsp3) is 0.174. The molecule has 0 aliphatic rings. The Balaban J connectivity index is 0.000000613. The number of benzene rings is 3. The van der Waals surface area contributed by atoms with Crippen molar-refractivity contribution in [1.82, 2.24) is 0 Å². The fourth-order valence-corrected chi connectivity index (χ4v) is 3.43. The number of halogens is 2. The predicted molar refractivity (Wildman–Crippen MR) is 113 cm³/mol. The van der Waals surface area contributed by atoms with Crippen molar-refractivity contribution in [2.45, 2.75) is 26.2 Å². The second kappa shape index (κ2) is 9.79. The fourth-order valence-electron chi connectivity index (χ4n) is 3.43. The van der Waals surface area contributed by atoms with Crippen molar-refractivity contribution < 1.29 is 20.8 Å². The maximum atomic E-state index is 4.93. The number of hydrogen-bond acceptors (Lipinski definition) is 0. The summed E-state index contributed by atoms with van der Waals surface area (Å²) in [4.78, 5) is 0. The first kappa shape index (κ1) is 19.7. The van der Waals surface area contributed by atoms with E-state index < -0.39 is 20.8 Å². The van der Waals surface area contributed by atoms with Crippen molar-refractivity contribution in [3.05, 3.63) is 78.4 Å². The summed E-state index contributed by atoms with van der Waals surface area (Å²) in [5, 5.41) is 5.35. The second-order valence-corrected chi connectivity index (χ2v) is 10.1. The summed E-state index contributed by atoms with van der Waals surface area (Å²) >= 11 is -0.826. The third-order valence-electron chi connectivity index (χ3n) is 4.69. The molecule has 0 aromatic heterocycles. The molecule has 0 spiro atoms. The van der Waals surface area contributed by atoms with Crippen molar-refractivity contribution in [1.29, 1.82) is 0 Å². The van der Waals surface area contributed by atoms with Crippen molar-refractivity contribution in [2.75, 3.05) is 0 Å². The number of fused-ring (bicyclic) bond motifs is 2. The average Bonchev–Trinajstić information content (AvgIpc) is 3.09. The van der Waals surface area contributed by atoms with Crippen LogP contribution in [0.5, 0.6) is 0 Å². The molecule has 4 aromatic carbocycles. The quantitative estimate of drug-likeness (QED) is 0.271. The summed E-state index contributed by atoms with van der Waals surface area (Å²) in [5.41, 5.74) is 4.12. The SMILES string of the molecule is CCCCc1cc2c(-c3ccc4ccccc4c3)cccc2[cH-]1.[Cl][Zr][Cl]. The number of unbranched alkanes of at least 4 members (excludes halogenated alkanes) is 1. The van der Waals surface area contributed by atoms with Gasteiger partial charge in [-0.15, -0.1) is 34.5 Å². The van der Waals surface area contributed by atoms with Crippen LogP contribution in [0.4, 0.5) is 0 Å². The van der Waals surface area contributed by atoms with Crippen LogP contribution in [-0.4, -0.2) is 0 Å². The standard InChI is InChI=1S/C23H21.2ClH.Zr/c1-2-3-7-17-14-20-10-6-11-22(23(20)15-17)21-13-12-18-8-4-5-9-19(18)16-21;;;/h4-6,8-16H,2-3,7H2,1H3;2*1H;/q-1;;;+2/p-2. The van der Waals surface area contributed by atoms with Gasteiger partial charge in [0.15, 0.2) is 0 Å². The van der Waals surface area contributed by atoms with Crippen LogP contribution in [-0.2, 0) is 27.3 Å². The van der Waals surface area contributed by atoms with Gasteiger partial charge in [0, 0.05) is 0 Å². The molecule has 0 saturated heterocycles. The van der Waals surface area contributed by atoms with Crippen LogP contribution in [0.15, 0.2) is 72.8 Å². The van der Waals surface area contributed by atoms with E-state index in [1.54, 1.807) is 0 Å². The van der Waals surface area contributed by atoms with Crippen LogP contribution in [0.2, 0.25) is 0 Å². The molecule has 0 aliphatic carbocycles. The molecule has 0 atom stereocenters. The first-order valence-corrected chi connectivity index (χ1v) is 15.2. The van der Waals surface area contributed by atoms with Gasteiger partial charge in [-0.25, -0.2) is 0 Å². The van der Waals surface area contributed by atoms with E-state index >= 15 is 0 Å². The summed E-state index contributed by atoms with van der Waals surface area (Å²) in [7, 11) is 9.87. The van der Waals surface area contributed by atoms with Gasteiger partial charge in [0.1, 0.15) is 0 Å². The molecular formula is C23H21Cl2Zr-. The maximum absolute atomic E-state index is 4.93. The molecule has 4 aromatic rings. The molecule has 0 nitrogen and oxygen atoms in total. The molecule has 0 aliphatic heterocycles. The predicted octanol–water partition coefficient (Wildman–Crippen LogP) is 8.10. The van der Waals surface area contributed by atoms with E-state index in [-0.39, 0.29) is 0 Å². The van der Waals surface area contributed by atoms with Gasteiger partial charge in [-0.2, -0.15) is 6.07 Å². The summed E-state index contributed by atoms with van der Waals surface area (Å²) in [6.45, 7) is 2.25. The van der Waals surface area contributed by atoms with Gasteiger partial charge in [0.05, 0.1) is 0 Å². The molecule has 0 fully saturated rings. The second-order valence-electron chi connectivity index (χ2n) is 6.41. The molecule has 4 rings (SSSR count). The topological polar surface area (TPSA) is 0 Å². The van der Waals surface area contributed by atoms with Gasteiger partial charge in [0.2, 0.25) is 0 Å². The van der Waals surface area contributed by atoms with Gasteiger partial charge in [0.25, 0.3) is 0 Å². The summed E-state index contributed by atoms with van der Waals surface area (Å²) in [6, 6.07) is 26.7. The molecule has 132 valence electrons. The molecule has 3 heteroatoms. The molecular weight excluding hydrogens is 438 g/mol. The Morgan fingerprint density at radius 1 is 0.885 bits per heavy atom. The summed E-state index contributed by atoms with van der Waals surface area (Å²) < 4.78 is 0. The van der Waals surface area contributed by atoms with Crippen molar-refractivity contribution in [2.24, 2.45) is 0 Å². The third-order valence-corrected chi connectivity index (χ3v) is 4.69. The zero-order valence-electron chi connectivity index (χ0n) is 14.8. The van der Waals surface area contributed by atoms with Crippen LogP contribution in [0, 0.1) is 0 Å². The Bertz CT molecular complexity index is 988. The summed E-state index contributed by atoms with van der Waals surface area (Å²) in [6.07, 6.45) is 3.70. The van der Waals surface area contributed by atoms with E-state index in [0.29, 0.717) is 0 Å². The van der Waals surface area contributed by atoms with Crippen LogP contribution in [0.3, 0.4) is 0 Å². The normalized spacial score (nSPS) is 10.6. The van der Waals surface area contributed by atoms with E-state index in [2.05, 4.69) is 79.7 Å². The summed E-state index contributed by atoms with van der Waals surface area (Å²) in [5.74, 6) is 0. The molecule has 26 heavy (non-hydrogen) atoms. The zero-order valence-corrected chi connectivity index (χ0v) is 18.8. The van der Waals surface area contributed by atoms with Gasteiger partial charge >= 0.3 is 37.9 Å². The van der Waals surface area contributed by atoms with Crippen molar-refractivity contribution in [3.8, 4) is 11.1 Å². The Labute approximate surface area is 174 Å². The molecule has 0 saturated carbocycles. The van der Waals surface area contributed by atoms with Gasteiger partial charge < -0.3 is 0 Å². The first-order chi connectivity index (χ1) is 12.8. The molecule has 0 heterocycles. The first-order valence-electron chi connectivity index (χ1n) is 8.90. The molecule has 0 bridgehead atoms. The van der Waals surface area contributed by atoms with Crippen LogP contribution < -0.4 is 0 Å². The Morgan fingerprint density at radius 2 is 1.65 bits per heavy atom. The van der Waals surface area contributed by atoms with Crippen LogP contribution in [0.25, 0.3) is 32.7 Å². The van der Waals surface area contributed by atoms with E-state index in [9.17, 15) is 0 Å². The van der Waals surface area contributed by atoms with E-state index in [0.717, 1.165) is 0 Å². The van der Waals surface area contributed by atoms with Gasteiger partial charge in [-0.3, -0.25) is 0 Å². The van der Waals surface area contributed by atoms with Gasteiger partial charge in [-0.1, -0.05) is 67.8 Å². The minimum absolute atomic E-state index is 0.826. The minimum atomic E-state index is -0.826. The van der Waals surface area contributed by atoms with Crippen molar-refractivity contribution in [3.63, 3.8) is 0 Å². The van der Waals surface area contributed by atoms with Gasteiger partial charge in [-0.05, 0) is 28.8 Å². The van der Waals surface area contributed by atoms with Crippen LogP contribution in [0.1, 0.15) is 25.3 Å². The van der Waals surface area contributed by atoms with Crippen LogP contribution >= 0.6 is 17.0 Å². The van der Waals surface area contributed by atoms with E-state index in [4.69, 9.17) is 17.0 Å². The number of hydrogen-bond donors (Lipinski definition) is 0. The van der Waals surface area contributed by atoms with E-state index in [1.807, 2.05) is 0 Å². The number of aryl methyl sites for hydroxylation is 1. The Morgan fingerprint density at radius 3 is 2.42 bits per heavy atom. The van der Waals surface area contributed by atoms with Crippen molar-refractivity contribution >= 4 is 38.6 Å². The Kier molecular flexibility index (Phi) is 7.44.